The lowest BCUT2D eigenvalue weighted by atomic mass is 10.1. The normalized spacial score (nSPS) is 17.1. The molecule has 27 heavy (non-hydrogen) atoms. The van der Waals surface area contributed by atoms with E-state index in [2.05, 4.69) is 15.8 Å². The zero-order valence-electron chi connectivity index (χ0n) is 16.1. The Morgan fingerprint density at radius 2 is 2.11 bits per heavy atom. The van der Waals surface area contributed by atoms with Gasteiger partial charge in [0.1, 0.15) is 0 Å². The maximum absolute atomic E-state index is 13.0. The second-order valence-electron chi connectivity index (χ2n) is 7.26. The Hall–Kier alpha value is -2.79. The fourth-order valence-electron chi connectivity index (χ4n) is 3.47. The zero-order valence-corrected chi connectivity index (χ0v) is 16.1. The lowest BCUT2D eigenvalue weighted by Crippen LogP contribution is -2.44. The number of fused-ring (bicyclic) bond motifs is 1. The van der Waals surface area contributed by atoms with Gasteiger partial charge in [-0.1, -0.05) is 17.6 Å². The van der Waals surface area contributed by atoms with Crippen molar-refractivity contribution in [1.29, 1.82) is 0 Å². The van der Waals surface area contributed by atoms with Gasteiger partial charge < -0.3 is 15.2 Å². The minimum Gasteiger partial charge on any atom is -0.341 e. The average molecular weight is 370 g/mol. The van der Waals surface area contributed by atoms with Crippen LogP contribution < -0.4 is 21.9 Å². The van der Waals surface area contributed by atoms with E-state index >= 15 is 0 Å². The first-order chi connectivity index (χ1) is 12.8. The van der Waals surface area contributed by atoms with E-state index in [9.17, 15) is 9.59 Å². The zero-order chi connectivity index (χ0) is 19.7. The Morgan fingerprint density at radius 3 is 2.74 bits per heavy atom. The summed E-state index contributed by atoms with van der Waals surface area (Å²) in [5.74, 6) is 3.05. The molecule has 0 saturated carbocycles. The van der Waals surface area contributed by atoms with Crippen molar-refractivity contribution >= 4 is 17.1 Å². The number of imidazole rings is 1. The van der Waals surface area contributed by atoms with Crippen molar-refractivity contribution in [1.82, 2.24) is 18.7 Å². The number of nitrogens with two attached hydrogens (primary N) is 1. The fourth-order valence-corrected chi connectivity index (χ4v) is 3.47. The number of hydrogen-bond donors (Lipinski definition) is 1. The first-order valence-corrected chi connectivity index (χ1v) is 9.12. The average Bonchev–Trinajstić information content (AvgIpc) is 3.01. The van der Waals surface area contributed by atoms with Crippen LogP contribution in [0.3, 0.4) is 0 Å². The molecule has 0 radical (unpaired) electrons. The van der Waals surface area contributed by atoms with Crippen molar-refractivity contribution in [3.05, 3.63) is 32.5 Å². The molecule has 8 heteroatoms. The van der Waals surface area contributed by atoms with Gasteiger partial charge in [-0.2, -0.15) is 4.98 Å². The summed E-state index contributed by atoms with van der Waals surface area (Å²) in [5.41, 5.74) is 7.16. The monoisotopic (exact) mass is 370 g/mol. The number of rotatable bonds is 4. The van der Waals surface area contributed by atoms with Crippen molar-refractivity contribution < 1.29 is 0 Å². The second-order valence-corrected chi connectivity index (χ2v) is 7.26. The number of aryl methyl sites for hydroxylation is 1. The van der Waals surface area contributed by atoms with E-state index in [1.165, 1.54) is 4.57 Å². The number of allylic oxidation sites excluding steroid dienone is 2. The Balaban J connectivity index is 2.31. The molecule has 1 unspecified atom stereocenters. The van der Waals surface area contributed by atoms with Crippen LogP contribution in [0.4, 0.5) is 5.95 Å². The predicted octanol–water partition coefficient (Wildman–Crippen LogP) is 0.424. The molecule has 1 aliphatic heterocycles. The van der Waals surface area contributed by atoms with Crippen LogP contribution in [0.15, 0.2) is 21.2 Å². The number of nitrogens with zero attached hydrogens (tertiary/aromatic N) is 5. The van der Waals surface area contributed by atoms with Crippen molar-refractivity contribution in [3.8, 4) is 12.3 Å². The number of terminal acetylenes is 1. The molecule has 0 amide bonds. The summed E-state index contributed by atoms with van der Waals surface area (Å²) in [6, 6.07) is 0.0670. The maximum atomic E-state index is 13.0. The third-order valence-corrected chi connectivity index (χ3v) is 4.88. The maximum Gasteiger partial charge on any atom is 0.333 e. The number of piperidine rings is 1. The molecule has 0 bridgehead atoms. The molecule has 0 spiro atoms. The summed E-state index contributed by atoms with van der Waals surface area (Å²) >= 11 is 0. The largest absolute Gasteiger partial charge is 0.341 e. The first-order valence-electron chi connectivity index (χ1n) is 9.12. The molecular weight excluding hydrogens is 344 g/mol. The van der Waals surface area contributed by atoms with Gasteiger partial charge in [-0.05, 0) is 26.7 Å². The van der Waals surface area contributed by atoms with Gasteiger partial charge in [-0.15, -0.1) is 6.42 Å². The van der Waals surface area contributed by atoms with Crippen LogP contribution >= 0.6 is 0 Å². The topological polar surface area (TPSA) is 91.1 Å². The third-order valence-electron chi connectivity index (χ3n) is 4.88. The van der Waals surface area contributed by atoms with Gasteiger partial charge >= 0.3 is 5.69 Å². The van der Waals surface area contributed by atoms with E-state index < -0.39 is 11.2 Å². The lowest BCUT2D eigenvalue weighted by molar-refractivity contribution is 0.495. The van der Waals surface area contributed by atoms with E-state index in [4.69, 9.17) is 12.2 Å². The van der Waals surface area contributed by atoms with Crippen molar-refractivity contribution in [2.45, 2.75) is 45.8 Å². The van der Waals surface area contributed by atoms with Gasteiger partial charge in [0.25, 0.3) is 5.56 Å². The summed E-state index contributed by atoms with van der Waals surface area (Å²) < 4.78 is 4.34. The Morgan fingerprint density at radius 1 is 1.37 bits per heavy atom. The smallest absolute Gasteiger partial charge is 0.333 e. The molecule has 1 atom stereocenters. The van der Waals surface area contributed by atoms with Crippen molar-refractivity contribution in [2.24, 2.45) is 12.8 Å². The van der Waals surface area contributed by atoms with E-state index in [1.807, 2.05) is 24.5 Å². The minimum absolute atomic E-state index is 0.0670. The van der Waals surface area contributed by atoms with Crippen LogP contribution in [-0.2, 0) is 20.1 Å². The molecule has 1 saturated heterocycles. The highest BCUT2D eigenvalue weighted by Crippen LogP contribution is 2.23. The molecule has 0 aromatic carbocycles. The quantitative estimate of drug-likeness (QED) is 0.622. The molecule has 3 rings (SSSR count). The molecule has 2 aromatic heterocycles. The third kappa shape index (κ3) is 3.43. The van der Waals surface area contributed by atoms with Gasteiger partial charge in [-0.3, -0.25) is 9.36 Å². The van der Waals surface area contributed by atoms with Gasteiger partial charge in [-0.25, -0.2) is 9.36 Å². The Bertz CT molecular complexity index is 1050. The molecule has 2 N–H and O–H groups in total. The van der Waals surface area contributed by atoms with Gasteiger partial charge in [0, 0.05) is 32.7 Å². The molecule has 3 heterocycles. The molecule has 1 fully saturated rings. The summed E-state index contributed by atoms with van der Waals surface area (Å²) in [4.78, 5) is 32.4. The highest BCUT2D eigenvalue weighted by Gasteiger charge is 2.25. The van der Waals surface area contributed by atoms with Crippen molar-refractivity contribution in [3.63, 3.8) is 0 Å². The Labute approximate surface area is 157 Å². The van der Waals surface area contributed by atoms with Crippen LogP contribution in [0.25, 0.3) is 11.2 Å². The molecule has 1 aliphatic rings. The van der Waals surface area contributed by atoms with Crippen LogP contribution in [0, 0.1) is 12.3 Å². The van der Waals surface area contributed by atoms with Crippen LogP contribution in [-0.4, -0.2) is 37.8 Å². The molecule has 2 aromatic rings. The second kappa shape index (κ2) is 7.45. The first kappa shape index (κ1) is 19.0. The highest BCUT2D eigenvalue weighted by atomic mass is 16.2. The number of aromatic nitrogens is 4. The number of hydrogen-bond acceptors (Lipinski definition) is 5. The Kier molecular flexibility index (Phi) is 5.24. The SMILES string of the molecule is C#CCn1c(=O)c2c(nc(N3CCCC(N)C3)n2CC=C(C)C)n(C)c1=O. The van der Waals surface area contributed by atoms with E-state index in [-0.39, 0.29) is 12.6 Å². The number of anilines is 1. The van der Waals surface area contributed by atoms with Crippen LogP contribution in [0.1, 0.15) is 26.7 Å². The van der Waals surface area contributed by atoms with Gasteiger partial charge in [0.2, 0.25) is 5.95 Å². The summed E-state index contributed by atoms with van der Waals surface area (Å²) in [6.45, 7) is 5.91. The standard InChI is InChI=1S/C19H26N6O2/c1-5-9-25-17(26)15-16(22(4)19(25)27)21-18(24(15)11-8-13(2)3)23-10-6-7-14(20)12-23/h1,8,14H,6-7,9-12,20H2,2-4H3. The molecular formula is C19H26N6O2. The van der Waals surface area contributed by atoms with Crippen LogP contribution in [0.2, 0.25) is 0 Å². The summed E-state index contributed by atoms with van der Waals surface area (Å²) in [5, 5.41) is 0. The molecule has 8 nitrogen and oxygen atoms in total. The van der Waals surface area contributed by atoms with E-state index in [0.29, 0.717) is 30.2 Å². The minimum atomic E-state index is -0.459. The highest BCUT2D eigenvalue weighted by molar-refractivity contribution is 5.74. The summed E-state index contributed by atoms with van der Waals surface area (Å²) in [7, 11) is 1.61. The van der Waals surface area contributed by atoms with Gasteiger partial charge in [0.15, 0.2) is 11.2 Å². The molecule has 0 aliphatic carbocycles. The predicted molar refractivity (Wildman–Crippen MR) is 107 cm³/mol. The van der Waals surface area contributed by atoms with Gasteiger partial charge in [0.05, 0.1) is 6.54 Å². The fraction of sp³-hybridized carbons (Fsp3) is 0.526. The van der Waals surface area contributed by atoms with E-state index in [0.717, 1.165) is 29.5 Å². The van der Waals surface area contributed by atoms with Crippen LogP contribution in [0.5, 0.6) is 0 Å². The van der Waals surface area contributed by atoms with Crippen molar-refractivity contribution in [2.75, 3.05) is 18.0 Å². The lowest BCUT2D eigenvalue weighted by Gasteiger charge is -2.31. The molecule has 144 valence electrons. The van der Waals surface area contributed by atoms with E-state index in [1.54, 1.807) is 7.05 Å². The summed E-state index contributed by atoms with van der Waals surface area (Å²) in [6.07, 6.45) is 9.32.